The molecule has 1 fully saturated rings. The summed E-state index contributed by atoms with van der Waals surface area (Å²) in [7, 11) is 0. The van der Waals surface area contributed by atoms with Crippen LogP contribution in [0.1, 0.15) is 42.7 Å². The number of benzene rings is 1. The van der Waals surface area contributed by atoms with E-state index in [2.05, 4.69) is 36.2 Å². The van der Waals surface area contributed by atoms with Gasteiger partial charge in [0, 0.05) is 36.8 Å². The first kappa shape index (κ1) is 18.6. The SMILES string of the molecule is CC(C)c1cc(-c2ccc(F)cc2)nn2cc(C(=O)N3CCN[C@@H](C)C3)nc12. The van der Waals surface area contributed by atoms with Gasteiger partial charge in [0.1, 0.15) is 11.5 Å². The van der Waals surface area contributed by atoms with Gasteiger partial charge in [0.05, 0.1) is 11.9 Å². The summed E-state index contributed by atoms with van der Waals surface area (Å²) in [5, 5.41) is 7.97. The summed E-state index contributed by atoms with van der Waals surface area (Å²) in [6, 6.07) is 8.50. The Morgan fingerprint density at radius 2 is 2.04 bits per heavy atom. The largest absolute Gasteiger partial charge is 0.334 e. The van der Waals surface area contributed by atoms with Gasteiger partial charge < -0.3 is 10.2 Å². The lowest BCUT2D eigenvalue weighted by molar-refractivity contribution is 0.0704. The van der Waals surface area contributed by atoms with Gasteiger partial charge in [-0.1, -0.05) is 13.8 Å². The predicted molar refractivity (Wildman–Crippen MR) is 106 cm³/mol. The maximum atomic E-state index is 13.3. The highest BCUT2D eigenvalue weighted by atomic mass is 19.1. The lowest BCUT2D eigenvalue weighted by Crippen LogP contribution is -2.51. The van der Waals surface area contributed by atoms with Gasteiger partial charge in [-0.2, -0.15) is 5.10 Å². The van der Waals surface area contributed by atoms with Crippen LogP contribution >= 0.6 is 0 Å². The molecule has 1 N–H and O–H groups in total. The number of rotatable bonds is 3. The molecule has 1 atom stereocenters. The Morgan fingerprint density at radius 1 is 1.29 bits per heavy atom. The summed E-state index contributed by atoms with van der Waals surface area (Å²) in [4.78, 5) is 19.4. The second-order valence-electron chi connectivity index (χ2n) is 7.65. The normalized spacial score (nSPS) is 17.5. The molecule has 0 saturated carbocycles. The van der Waals surface area contributed by atoms with Crippen LogP contribution in [-0.4, -0.2) is 51.1 Å². The molecule has 7 heteroatoms. The minimum absolute atomic E-state index is 0.0723. The molecular formula is C21H24FN5O. The van der Waals surface area contributed by atoms with Crippen LogP contribution in [0.15, 0.2) is 36.5 Å². The lowest BCUT2D eigenvalue weighted by Gasteiger charge is -2.31. The van der Waals surface area contributed by atoms with E-state index in [1.54, 1.807) is 22.8 Å². The molecular weight excluding hydrogens is 357 g/mol. The number of fused-ring (bicyclic) bond motifs is 1. The van der Waals surface area contributed by atoms with Crippen molar-refractivity contribution in [2.45, 2.75) is 32.7 Å². The molecule has 1 saturated heterocycles. The highest BCUT2D eigenvalue weighted by Crippen LogP contribution is 2.26. The molecule has 28 heavy (non-hydrogen) atoms. The molecule has 0 aliphatic carbocycles. The number of halogens is 1. The number of imidazole rings is 1. The van der Waals surface area contributed by atoms with Gasteiger partial charge in [0.2, 0.25) is 0 Å². The Kier molecular flexibility index (Phi) is 4.85. The van der Waals surface area contributed by atoms with E-state index in [9.17, 15) is 9.18 Å². The van der Waals surface area contributed by atoms with Crippen LogP contribution in [0.25, 0.3) is 16.9 Å². The smallest absolute Gasteiger partial charge is 0.274 e. The quantitative estimate of drug-likeness (QED) is 0.757. The Bertz CT molecular complexity index is 1010. The van der Waals surface area contributed by atoms with E-state index in [0.29, 0.717) is 24.4 Å². The van der Waals surface area contributed by atoms with Gasteiger partial charge in [-0.05, 0) is 43.2 Å². The van der Waals surface area contributed by atoms with Gasteiger partial charge in [0.15, 0.2) is 5.65 Å². The predicted octanol–water partition coefficient (Wildman–Crippen LogP) is 3.09. The highest BCUT2D eigenvalue weighted by Gasteiger charge is 2.25. The zero-order valence-electron chi connectivity index (χ0n) is 16.3. The van der Waals surface area contributed by atoms with Crippen molar-refractivity contribution in [2.75, 3.05) is 19.6 Å². The van der Waals surface area contributed by atoms with E-state index >= 15 is 0 Å². The Morgan fingerprint density at radius 3 is 2.71 bits per heavy atom. The van der Waals surface area contributed by atoms with E-state index in [0.717, 1.165) is 23.4 Å². The second-order valence-corrected chi connectivity index (χ2v) is 7.65. The third-order valence-electron chi connectivity index (χ3n) is 5.09. The fourth-order valence-corrected chi connectivity index (χ4v) is 3.57. The third-order valence-corrected chi connectivity index (χ3v) is 5.09. The number of carbonyl (C=O) groups excluding carboxylic acids is 1. The molecule has 3 heterocycles. The molecule has 1 aliphatic heterocycles. The molecule has 1 aromatic carbocycles. The van der Waals surface area contributed by atoms with Crippen LogP contribution < -0.4 is 5.32 Å². The standard InChI is InChI=1S/C21H24FN5O/c1-13(2)17-10-18(15-4-6-16(22)7-5-15)25-27-12-19(24-20(17)27)21(28)26-9-8-23-14(3)11-26/h4-7,10,12-14,23H,8-9,11H2,1-3H3/t14-/m0/s1. The van der Waals surface area contributed by atoms with Crippen LogP contribution in [0.2, 0.25) is 0 Å². The van der Waals surface area contributed by atoms with Crippen molar-refractivity contribution in [3.05, 3.63) is 53.6 Å². The first-order valence-electron chi connectivity index (χ1n) is 9.61. The summed E-state index contributed by atoms with van der Waals surface area (Å²) in [5.74, 6) is -0.152. The van der Waals surface area contributed by atoms with E-state index in [1.807, 2.05) is 11.0 Å². The van der Waals surface area contributed by atoms with Gasteiger partial charge in [-0.3, -0.25) is 4.79 Å². The van der Waals surface area contributed by atoms with E-state index in [-0.39, 0.29) is 23.7 Å². The molecule has 4 rings (SSSR count). The van der Waals surface area contributed by atoms with Crippen molar-refractivity contribution in [3.63, 3.8) is 0 Å². The molecule has 0 radical (unpaired) electrons. The monoisotopic (exact) mass is 381 g/mol. The molecule has 0 bridgehead atoms. The van der Waals surface area contributed by atoms with Crippen molar-refractivity contribution in [2.24, 2.45) is 0 Å². The van der Waals surface area contributed by atoms with Crippen molar-refractivity contribution in [3.8, 4) is 11.3 Å². The molecule has 2 aromatic heterocycles. The number of hydrogen-bond acceptors (Lipinski definition) is 4. The Balaban J connectivity index is 1.76. The number of carbonyl (C=O) groups is 1. The molecule has 6 nitrogen and oxygen atoms in total. The molecule has 146 valence electrons. The first-order valence-corrected chi connectivity index (χ1v) is 9.61. The third kappa shape index (κ3) is 3.49. The zero-order chi connectivity index (χ0) is 19.8. The average Bonchev–Trinajstić information content (AvgIpc) is 3.11. The van der Waals surface area contributed by atoms with Crippen molar-refractivity contribution in [1.82, 2.24) is 24.8 Å². The molecule has 1 amide bonds. The Labute approximate surface area is 163 Å². The minimum Gasteiger partial charge on any atom is -0.334 e. The summed E-state index contributed by atoms with van der Waals surface area (Å²) < 4.78 is 15.0. The zero-order valence-corrected chi connectivity index (χ0v) is 16.3. The molecule has 1 aliphatic rings. The van der Waals surface area contributed by atoms with Gasteiger partial charge in [-0.15, -0.1) is 0 Å². The second kappa shape index (κ2) is 7.31. The fraction of sp³-hybridized carbons (Fsp3) is 0.381. The molecule has 0 unspecified atom stereocenters. The maximum absolute atomic E-state index is 13.3. The number of hydrogen-bond donors (Lipinski definition) is 1. The number of aromatic nitrogens is 3. The number of nitrogens with zero attached hydrogens (tertiary/aromatic N) is 4. The van der Waals surface area contributed by atoms with Crippen LogP contribution in [0.3, 0.4) is 0 Å². The summed E-state index contributed by atoms with van der Waals surface area (Å²) in [6.07, 6.45) is 1.70. The van der Waals surface area contributed by atoms with Crippen LogP contribution in [0, 0.1) is 5.82 Å². The maximum Gasteiger partial charge on any atom is 0.274 e. The number of nitrogens with one attached hydrogen (secondary N) is 1. The molecule has 0 spiro atoms. The number of piperazine rings is 1. The summed E-state index contributed by atoms with van der Waals surface area (Å²) >= 11 is 0. The topological polar surface area (TPSA) is 62.5 Å². The van der Waals surface area contributed by atoms with Crippen molar-refractivity contribution in [1.29, 1.82) is 0 Å². The average molecular weight is 381 g/mol. The van der Waals surface area contributed by atoms with Crippen LogP contribution in [-0.2, 0) is 0 Å². The van der Waals surface area contributed by atoms with Gasteiger partial charge >= 0.3 is 0 Å². The minimum atomic E-state index is -0.283. The van der Waals surface area contributed by atoms with E-state index in [1.165, 1.54) is 12.1 Å². The van der Waals surface area contributed by atoms with E-state index < -0.39 is 0 Å². The fourth-order valence-electron chi connectivity index (χ4n) is 3.57. The van der Waals surface area contributed by atoms with Crippen LogP contribution in [0.5, 0.6) is 0 Å². The Hall–Kier alpha value is -2.80. The summed E-state index contributed by atoms with van der Waals surface area (Å²) in [6.45, 7) is 8.34. The number of amides is 1. The highest BCUT2D eigenvalue weighted by molar-refractivity contribution is 5.93. The van der Waals surface area contributed by atoms with Gasteiger partial charge in [0.25, 0.3) is 5.91 Å². The van der Waals surface area contributed by atoms with E-state index in [4.69, 9.17) is 0 Å². The lowest BCUT2D eigenvalue weighted by atomic mass is 10.0. The van der Waals surface area contributed by atoms with Crippen molar-refractivity contribution < 1.29 is 9.18 Å². The van der Waals surface area contributed by atoms with Crippen molar-refractivity contribution >= 4 is 11.6 Å². The summed E-state index contributed by atoms with van der Waals surface area (Å²) in [5.41, 5.74) is 3.64. The van der Waals surface area contributed by atoms with Gasteiger partial charge in [-0.25, -0.2) is 13.9 Å². The molecule has 3 aromatic rings. The van der Waals surface area contributed by atoms with Crippen LogP contribution in [0.4, 0.5) is 4.39 Å². The first-order chi connectivity index (χ1) is 13.4.